The van der Waals surface area contributed by atoms with Gasteiger partial charge in [-0.15, -0.1) is 0 Å². The van der Waals surface area contributed by atoms with E-state index in [4.69, 9.17) is 16.7 Å². The van der Waals surface area contributed by atoms with Gasteiger partial charge in [-0.1, -0.05) is 23.7 Å². The Bertz CT molecular complexity index is 890. The Morgan fingerprint density at radius 3 is 2.40 bits per heavy atom. The van der Waals surface area contributed by atoms with Crippen LogP contribution in [0.5, 0.6) is 0 Å². The van der Waals surface area contributed by atoms with Crippen LogP contribution >= 0.6 is 23.4 Å². The second-order valence-corrected chi connectivity index (χ2v) is 6.72. The van der Waals surface area contributed by atoms with Crippen LogP contribution in [0.1, 0.15) is 15.9 Å². The summed E-state index contributed by atoms with van der Waals surface area (Å²) in [5.74, 6) is -1.30. The fraction of sp³-hybridized carbons (Fsp3) is 0.0556. The average molecular weight is 373 g/mol. The highest BCUT2D eigenvalue weighted by Gasteiger charge is 2.25. The number of carboxylic acids is 1. The molecule has 2 aromatic rings. The van der Waals surface area contributed by atoms with E-state index in [1.807, 2.05) is 24.1 Å². The van der Waals surface area contributed by atoms with Gasteiger partial charge in [0, 0.05) is 17.8 Å². The molecular formula is C18H13ClN2O3S. The second kappa shape index (κ2) is 7.13. The minimum absolute atomic E-state index is 0.201. The van der Waals surface area contributed by atoms with Crippen LogP contribution in [0.4, 0.5) is 5.69 Å². The maximum Gasteiger partial charge on any atom is 0.335 e. The standard InChI is InChI=1S/C18H13ClN2O3S/c1-21(14-8-6-13(19)7-9-14)18-20-16(22)15(25-18)10-11-2-4-12(5-3-11)17(23)24/h2-10H,1H3,(H,23,24)/b15-10-. The zero-order valence-electron chi connectivity index (χ0n) is 13.1. The van der Waals surface area contributed by atoms with Gasteiger partial charge in [-0.2, -0.15) is 4.99 Å². The Kier molecular flexibility index (Phi) is 4.92. The number of anilines is 1. The molecule has 0 atom stereocenters. The third-order valence-corrected chi connectivity index (χ3v) is 4.88. The lowest BCUT2D eigenvalue weighted by Crippen LogP contribution is -2.21. The van der Waals surface area contributed by atoms with E-state index in [1.165, 1.54) is 23.9 Å². The summed E-state index contributed by atoms with van der Waals surface area (Å²) in [5.41, 5.74) is 1.81. The molecule has 0 bridgehead atoms. The summed E-state index contributed by atoms with van der Waals surface area (Å²) < 4.78 is 0. The highest BCUT2D eigenvalue weighted by atomic mass is 35.5. The maximum absolute atomic E-state index is 12.1. The molecule has 2 aromatic carbocycles. The third-order valence-electron chi connectivity index (χ3n) is 3.57. The van der Waals surface area contributed by atoms with Crippen LogP contribution in [0.3, 0.4) is 0 Å². The van der Waals surface area contributed by atoms with E-state index >= 15 is 0 Å². The van der Waals surface area contributed by atoms with Crippen LogP contribution in [0.15, 0.2) is 58.4 Å². The molecule has 126 valence electrons. The van der Waals surface area contributed by atoms with Crippen molar-refractivity contribution in [3.63, 3.8) is 0 Å². The molecule has 0 aromatic heterocycles. The van der Waals surface area contributed by atoms with Crippen molar-refractivity contribution in [3.8, 4) is 0 Å². The molecule has 1 N–H and O–H groups in total. The van der Waals surface area contributed by atoms with Crippen molar-refractivity contribution in [1.82, 2.24) is 0 Å². The van der Waals surface area contributed by atoms with Crippen molar-refractivity contribution >= 4 is 52.2 Å². The van der Waals surface area contributed by atoms with E-state index < -0.39 is 5.97 Å². The number of hydrogen-bond acceptors (Lipinski definition) is 4. The molecule has 7 heteroatoms. The Hall–Kier alpha value is -2.57. The third kappa shape index (κ3) is 3.92. The van der Waals surface area contributed by atoms with Gasteiger partial charge in [-0.05, 0) is 59.8 Å². The minimum Gasteiger partial charge on any atom is -0.478 e. The SMILES string of the molecule is CN(C1=NC(=O)/C(=C/c2ccc(C(=O)O)cc2)S1)c1ccc(Cl)cc1. The summed E-state index contributed by atoms with van der Waals surface area (Å²) in [5, 5.41) is 10.1. The molecule has 1 aliphatic rings. The van der Waals surface area contributed by atoms with Crippen LogP contribution in [0.25, 0.3) is 6.08 Å². The van der Waals surface area contributed by atoms with E-state index in [-0.39, 0.29) is 11.5 Å². The highest BCUT2D eigenvalue weighted by Crippen LogP contribution is 2.32. The average Bonchev–Trinajstić information content (AvgIpc) is 2.96. The first-order valence-corrected chi connectivity index (χ1v) is 8.49. The van der Waals surface area contributed by atoms with E-state index in [9.17, 15) is 9.59 Å². The van der Waals surface area contributed by atoms with Gasteiger partial charge in [-0.3, -0.25) is 4.79 Å². The first-order chi connectivity index (χ1) is 11.9. The molecule has 0 unspecified atom stereocenters. The number of amides is 1. The lowest BCUT2D eigenvalue weighted by atomic mass is 10.1. The predicted octanol–water partition coefficient (Wildman–Crippen LogP) is 4.14. The zero-order valence-corrected chi connectivity index (χ0v) is 14.7. The fourth-order valence-corrected chi connectivity index (χ4v) is 3.21. The topological polar surface area (TPSA) is 70.0 Å². The molecule has 0 spiro atoms. The predicted molar refractivity (Wildman–Crippen MR) is 101 cm³/mol. The summed E-state index contributed by atoms with van der Waals surface area (Å²) in [6.45, 7) is 0. The van der Waals surface area contributed by atoms with Crippen LogP contribution in [0, 0.1) is 0 Å². The second-order valence-electron chi connectivity index (χ2n) is 5.27. The molecule has 0 radical (unpaired) electrons. The van der Waals surface area contributed by atoms with Crippen LogP contribution in [0.2, 0.25) is 5.02 Å². The van der Waals surface area contributed by atoms with Gasteiger partial charge in [0.1, 0.15) is 0 Å². The van der Waals surface area contributed by atoms with Crippen LogP contribution in [-0.4, -0.2) is 29.2 Å². The monoisotopic (exact) mass is 372 g/mol. The Labute approximate surface area is 153 Å². The largest absolute Gasteiger partial charge is 0.478 e. The van der Waals surface area contributed by atoms with E-state index in [2.05, 4.69) is 4.99 Å². The molecule has 0 saturated heterocycles. The number of aliphatic imine (C=N–C) groups is 1. The van der Waals surface area contributed by atoms with Gasteiger partial charge in [0.25, 0.3) is 5.91 Å². The quantitative estimate of drug-likeness (QED) is 0.820. The van der Waals surface area contributed by atoms with Crippen LogP contribution < -0.4 is 4.90 Å². The summed E-state index contributed by atoms with van der Waals surface area (Å²) in [7, 11) is 1.83. The van der Waals surface area contributed by atoms with Crippen molar-refractivity contribution in [3.05, 3.63) is 69.6 Å². The molecule has 0 saturated carbocycles. The molecule has 1 heterocycles. The number of carbonyl (C=O) groups is 2. The Balaban J connectivity index is 1.77. The van der Waals surface area contributed by atoms with Gasteiger partial charge in [-0.25, -0.2) is 4.79 Å². The van der Waals surface area contributed by atoms with Crippen LogP contribution in [-0.2, 0) is 4.79 Å². The molecule has 25 heavy (non-hydrogen) atoms. The van der Waals surface area contributed by atoms with Crippen molar-refractivity contribution < 1.29 is 14.7 Å². The maximum atomic E-state index is 12.1. The Morgan fingerprint density at radius 2 is 1.80 bits per heavy atom. The number of aromatic carboxylic acids is 1. The van der Waals surface area contributed by atoms with Gasteiger partial charge in [0.2, 0.25) is 0 Å². The van der Waals surface area contributed by atoms with E-state index in [1.54, 1.807) is 30.3 Å². The molecule has 3 rings (SSSR count). The van der Waals surface area contributed by atoms with Crippen molar-refractivity contribution in [2.75, 3.05) is 11.9 Å². The van der Waals surface area contributed by atoms with Gasteiger partial charge >= 0.3 is 5.97 Å². The summed E-state index contributed by atoms with van der Waals surface area (Å²) in [4.78, 5) is 29.4. The summed E-state index contributed by atoms with van der Waals surface area (Å²) in [6, 6.07) is 13.6. The normalized spacial score (nSPS) is 15.4. The van der Waals surface area contributed by atoms with E-state index in [0.29, 0.717) is 15.1 Å². The number of carbonyl (C=O) groups excluding carboxylic acids is 1. The van der Waals surface area contributed by atoms with Gasteiger partial charge in [0.15, 0.2) is 5.17 Å². The minimum atomic E-state index is -0.985. The highest BCUT2D eigenvalue weighted by molar-refractivity contribution is 8.18. The lowest BCUT2D eigenvalue weighted by Gasteiger charge is -2.17. The Morgan fingerprint density at radius 1 is 1.16 bits per heavy atom. The van der Waals surface area contributed by atoms with Crippen molar-refractivity contribution in [2.24, 2.45) is 4.99 Å². The number of benzene rings is 2. The van der Waals surface area contributed by atoms with Crippen molar-refractivity contribution in [1.29, 1.82) is 0 Å². The molecule has 1 amide bonds. The summed E-state index contributed by atoms with van der Waals surface area (Å²) in [6.07, 6.45) is 1.70. The number of halogens is 1. The lowest BCUT2D eigenvalue weighted by molar-refractivity contribution is -0.113. The smallest absolute Gasteiger partial charge is 0.335 e. The number of rotatable bonds is 3. The molecule has 0 fully saturated rings. The number of hydrogen-bond donors (Lipinski definition) is 1. The molecule has 1 aliphatic heterocycles. The molecular weight excluding hydrogens is 360 g/mol. The first kappa shape index (κ1) is 17.3. The first-order valence-electron chi connectivity index (χ1n) is 7.29. The number of amidine groups is 1. The van der Waals surface area contributed by atoms with Gasteiger partial charge in [0.05, 0.1) is 10.5 Å². The molecule has 0 aliphatic carbocycles. The molecule has 5 nitrogen and oxygen atoms in total. The fourth-order valence-electron chi connectivity index (χ4n) is 2.19. The summed E-state index contributed by atoms with van der Waals surface area (Å²) >= 11 is 7.16. The van der Waals surface area contributed by atoms with Crippen molar-refractivity contribution in [2.45, 2.75) is 0 Å². The number of thioether (sulfide) groups is 1. The number of carboxylic acid groups (broad SMARTS) is 1. The van der Waals surface area contributed by atoms with Gasteiger partial charge < -0.3 is 10.0 Å². The van der Waals surface area contributed by atoms with E-state index in [0.717, 1.165) is 11.3 Å². The number of nitrogens with zero attached hydrogens (tertiary/aromatic N) is 2. The zero-order chi connectivity index (χ0) is 18.0.